The number of hydrogen-bond acceptors (Lipinski definition) is 4. The standard InChI is InChI=1S/C14H12N2O3S/c1-16(12-7-3-2-6-11(12)10-15)20(18,19)14-9-5-4-8-13(14)17/h2-9,17H,1H3. The predicted octanol–water partition coefficient (Wildman–Crippen LogP) is 2.09. The number of phenols is 1. The first kappa shape index (κ1) is 13.9. The molecule has 0 aromatic heterocycles. The lowest BCUT2D eigenvalue weighted by Crippen LogP contribution is -2.27. The summed E-state index contributed by atoms with van der Waals surface area (Å²) in [6.07, 6.45) is 0. The van der Waals surface area contributed by atoms with E-state index in [2.05, 4.69) is 0 Å². The monoisotopic (exact) mass is 288 g/mol. The molecule has 0 fully saturated rings. The predicted molar refractivity (Wildman–Crippen MR) is 74.9 cm³/mol. The van der Waals surface area contributed by atoms with Crippen molar-refractivity contribution in [3.63, 3.8) is 0 Å². The van der Waals surface area contributed by atoms with Crippen LogP contribution in [-0.2, 0) is 10.0 Å². The minimum Gasteiger partial charge on any atom is -0.507 e. The van der Waals surface area contributed by atoms with E-state index in [1.165, 1.54) is 43.4 Å². The Hall–Kier alpha value is -2.52. The van der Waals surface area contributed by atoms with Crippen LogP contribution in [0.3, 0.4) is 0 Å². The van der Waals surface area contributed by atoms with Crippen molar-refractivity contribution in [2.24, 2.45) is 0 Å². The van der Waals surface area contributed by atoms with E-state index >= 15 is 0 Å². The summed E-state index contributed by atoms with van der Waals surface area (Å²) in [5.74, 6) is -0.325. The molecule has 2 aromatic rings. The number of aromatic hydroxyl groups is 1. The van der Waals surface area contributed by atoms with Crippen LogP contribution in [0.5, 0.6) is 5.75 Å². The van der Waals surface area contributed by atoms with Crippen LogP contribution in [0.25, 0.3) is 0 Å². The van der Waals surface area contributed by atoms with Gasteiger partial charge in [-0.15, -0.1) is 0 Å². The molecule has 6 heteroatoms. The number of nitrogens with zero attached hydrogens (tertiary/aromatic N) is 2. The molecule has 0 atom stereocenters. The van der Waals surface area contributed by atoms with Crippen molar-refractivity contribution in [2.45, 2.75) is 4.90 Å². The molecular formula is C14H12N2O3S. The Morgan fingerprint density at radius 2 is 1.70 bits per heavy atom. The van der Waals surface area contributed by atoms with Crippen LogP contribution in [0.4, 0.5) is 5.69 Å². The minimum absolute atomic E-state index is 0.199. The number of para-hydroxylation sites is 2. The molecule has 0 radical (unpaired) electrons. The largest absolute Gasteiger partial charge is 0.507 e. The van der Waals surface area contributed by atoms with Gasteiger partial charge in [-0.2, -0.15) is 5.26 Å². The fraction of sp³-hybridized carbons (Fsp3) is 0.0714. The molecule has 0 heterocycles. The third-order valence-electron chi connectivity index (χ3n) is 2.87. The van der Waals surface area contributed by atoms with E-state index in [1.807, 2.05) is 6.07 Å². The second kappa shape index (κ2) is 5.23. The fourth-order valence-corrected chi connectivity index (χ4v) is 3.09. The lowest BCUT2D eigenvalue weighted by molar-refractivity contribution is 0.458. The molecule has 0 unspecified atom stereocenters. The third-order valence-corrected chi connectivity index (χ3v) is 4.69. The van der Waals surface area contributed by atoms with Gasteiger partial charge in [0, 0.05) is 7.05 Å². The van der Waals surface area contributed by atoms with Crippen molar-refractivity contribution in [1.82, 2.24) is 0 Å². The lowest BCUT2D eigenvalue weighted by atomic mass is 10.2. The van der Waals surface area contributed by atoms with Crippen LogP contribution in [0, 0.1) is 11.3 Å². The lowest BCUT2D eigenvalue weighted by Gasteiger charge is -2.20. The Balaban J connectivity index is 2.56. The van der Waals surface area contributed by atoms with E-state index < -0.39 is 10.0 Å². The quantitative estimate of drug-likeness (QED) is 0.937. The summed E-state index contributed by atoms with van der Waals surface area (Å²) in [5, 5.41) is 18.7. The van der Waals surface area contributed by atoms with Gasteiger partial charge in [0.05, 0.1) is 11.3 Å². The van der Waals surface area contributed by atoms with E-state index in [1.54, 1.807) is 12.1 Å². The maximum Gasteiger partial charge on any atom is 0.267 e. The summed E-state index contributed by atoms with van der Waals surface area (Å²) >= 11 is 0. The number of benzene rings is 2. The molecule has 0 saturated carbocycles. The van der Waals surface area contributed by atoms with E-state index in [4.69, 9.17) is 5.26 Å². The molecule has 2 aromatic carbocycles. The Labute approximate surface area is 117 Å². The van der Waals surface area contributed by atoms with Crippen molar-refractivity contribution in [3.05, 3.63) is 54.1 Å². The van der Waals surface area contributed by atoms with Crippen LogP contribution < -0.4 is 4.31 Å². The Morgan fingerprint density at radius 1 is 1.10 bits per heavy atom. The van der Waals surface area contributed by atoms with Gasteiger partial charge in [-0.3, -0.25) is 4.31 Å². The number of sulfonamides is 1. The van der Waals surface area contributed by atoms with Crippen molar-refractivity contribution in [2.75, 3.05) is 11.4 Å². The molecule has 0 aliphatic rings. The fourth-order valence-electron chi connectivity index (χ4n) is 1.80. The maximum absolute atomic E-state index is 12.5. The topological polar surface area (TPSA) is 81.4 Å². The molecule has 2 rings (SSSR count). The normalized spacial score (nSPS) is 10.8. The van der Waals surface area contributed by atoms with Crippen LogP contribution in [0.1, 0.15) is 5.56 Å². The zero-order chi connectivity index (χ0) is 14.8. The summed E-state index contributed by atoms with van der Waals surface area (Å²) in [6, 6.07) is 14.0. The molecule has 0 spiro atoms. The van der Waals surface area contributed by atoms with Crippen molar-refractivity contribution in [1.29, 1.82) is 5.26 Å². The zero-order valence-corrected chi connectivity index (χ0v) is 11.5. The van der Waals surface area contributed by atoms with Gasteiger partial charge in [-0.25, -0.2) is 8.42 Å². The molecule has 0 aliphatic carbocycles. The highest BCUT2D eigenvalue weighted by atomic mass is 32.2. The molecule has 0 amide bonds. The van der Waals surface area contributed by atoms with Crippen LogP contribution in [0.15, 0.2) is 53.4 Å². The van der Waals surface area contributed by atoms with Gasteiger partial charge >= 0.3 is 0 Å². The third kappa shape index (κ3) is 2.31. The second-order valence-electron chi connectivity index (χ2n) is 4.07. The SMILES string of the molecule is CN(c1ccccc1C#N)S(=O)(=O)c1ccccc1O. The Bertz CT molecular complexity index is 779. The highest BCUT2D eigenvalue weighted by Gasteiger charge is 2.25. The Kier molecular flexibility index (Phi) is 3.63. The molecule has 0 bridgehead atoms. The van der Waals surface area contributed by atoms with E-state index in [0.717, 1.165) is 4.31 Å². The first-order valence-electron chi connectivity index (χ1n) is 5.74. The number of hydrogen-bond donors (Lipinski definition) is 1. The van der Waals surface area contributed by atoms with E-state index in [9.17, 15) is 13.5 Å². The molecule has 5 nitrogen and oxygen atoms in total. The summed E-state index contributed by atoms with van der Waals surface area (Å²) in [7, 11) is -2.58. The zero-order valence-electron chi connectivity index (χ0n) is 10.7. The average molecular weight is 288 g/mol. The van der Waals surface area contributed by atoms with Crippen molar-refractivity contribution >= 4 is 15.7 Å². The highest BCUT2D eigenvalue weighted by Crippen LogP contribution is 2.29. The molecule has 20 heavy (non-hydrogen) atoms. The van der Waals surface area contributed by atoms with Crippen molar-refractivity contribution < 1.29 is 13.5 Å². The number of rotatable bonds is 3. The van der Waals surface area contributed by atoms with E-state index in [0.29, 0.717) is 0 Å². The average Bonchev–Trinajstić information content (AvgIpc) is 2.46. The smallest absolute Gasteiger partial charge is 0.267 e. The summed E-state index contributed by atoms with van der Waals surface area (Å²) in [5.41, 5.74) is 0.507. The van der Waals surface area contributed by atoms with Gasteiger partial charge in [-0.05, 0) is 24.3 Å². The highest BCUT2D eigenvalue weighted by molar-refractivity contribution is 7.92. The van der Waals surface area contributed by atoms with Gasteiger partial charge in [0.25, 0.3) is 10.0 Å². The summed E-state index contributed by atoms with van der Waals surface area (Å²) in [6.45, 7) is 0. The number of anilines is 1. The molecular weight excluding hydrogens is 276 g/mol. The number of phenolic OH excluding ortho intramolecular Hbond substituents is 1. The minimum atomic E-state index is -3.92. The Morgan fingerprint density at radius 3 is 2.35 bits per heavy atom. The molecule has 102 valence electrons. The first-order valence-corrected chi connectivity index (χ1v) is 7.18. The summed E-state index contributed by atoms with van der Waals surface area (Å²) in [4.78, 5) is -0.199. The molecule has 1 N–H and O–H groups in total. The maximum atomic E-state index is 12.5. The van der Waals surface area contributed by atoms with Gasteiger partial charge in [-0.1, -0.05) is 24.3 Å². The van der Waals surface area contributed by atoms with Gasteiger partial charge < -0.3 is 5.11 Å². The van der Waals surface area contributed by atoms with Crippen LogP contribution in [-0.4, -0.2) is 20.6 Å². The van der Waals surface area contributed by atoms with Gasteiger partial charge in [0.15, 0.2) is 0 Å². The molecule has 0 saturated heterocycles. The number of nitriles is 1. The van der Waals surface area contributed by atoms with Gasteiger partial charge in [0.1, 0.15) is 16.7 Å². The second-order valence-corrected chi connectivity index (χ2v) is 6.01. The van der Waals surface area contributed by atoms with Crippen LogP contribution >= 0.6 is 0 Å². The first-order chi connectivity index (χ1) is 9.48. The van der Waals surface area contributed by atoms with Crippen LogP contribution in [0.2, 0.25) is 0 Å². The summed E-state index contributed by atoms with van der Waals surface area (Å²) < 4.78 is 25.9. The molecule has 0 aliphatic heterocycles. The van der Waals surface area contributed by atoms with Gasteiger partial charge in [0.2, 0.25) is 0 Å². The van der Waals surface area contributed by atoms with Crippen molar-refractivity contribution in [3.8, 4) is 11.8 Å². The van der Waals surface area contributed by atoms with E-state index in [-0.39, 0.29) is 21.9 Å².